The van der Waals surface area contributed by atoms with Crippen molar-refractivity contribution >= 4 is 0 Å². The van der Waals surface area contributed by atoms with E-state index in [1.165, 1.54) is 0 Å². The van der Waals surface area contributed by atoms with Crippen LogP contribution in [0.25, 0.3) is 0 Å². The summed E-state index contributed by atoms with van der Waals surface area (Å²) < 4.78 is 0. The van der Waals surface area contributed by atoms with Gasteiger partial charge in [0.1, 0.15) is 0 Å². The molecule has 0 saturated heterocycles. The minimum Gasteiger partial charge on any atom is -1.00 e. The van der Waals surface area contributed by atoms with Gasteiger partial charge in [0.2, 0.25) is 0 Å². The van der Waals surface area contributed by atoms with Crippen LogP contribution in [0.4, 0.5) is 0 Å². The molecule has 0 N–H and O–H groups in total. The molecule has 0 atom stereocenters. The maximum atomic E-state index is 8.00. The fraction of sp³-hybridized carbons (Fsp3) is 0. The first kappa shape index (κ1) is 37.1. The first-order chi connectivity index (χ1) is 5.66. The zero-order valence-electron chi connectivity index (χ0n) is 7.37. The third kappa shape index (κ3) is 138000. The van der Waals surface area contributed by atoms with Gasteiger partial charge in [-0.05, 0) is 0 Å². The summed E-state index contributed by atoms with van der Waals surface area (Å²) in [6.07, 6.45) is 0. The maximum absolute atomic E-state index is 8.00. The molecule has 0 bridgehead atoms. The van der Waals surface area contributed by atoms with Gasteiger partial charge in [0.15, 0.2) is 0 Å². The molecule has 0 heterocycles. The normalized spacial score (nSPS) is 3.43. The molecule has 0 rings (SSSR count). The van der Waals surface area contributed by atoms with Crippen LogP contribution in [0.15, 0.2) is 21.4 Å². The predicted molar refractivity (Wildman–Crippen MR) is 37.8 cm³/mol. The molecule has 14 heteroatoms. The molecule has 0 unspecified atom stereocenters. The molecule has 0 amide bonds. The van der Waals surface area contributed by atoms with Crippen molar-refractivity contribution < 1.29 is 73.2 Å². The van der Waals surface area contributed by atoms with Crippen molar-refractivity contribution in [3.63, 3.8) is 0 Å². The molecule has 0 spiro atoms. The maximum Gasteiger partial charge on any atom is 1.00 e. The van der Waals surface area contributed by atoms with E-state index in [1.807, 2.05) is 0 Å². The SMILES string of the molecule is O=N[O-].O=N[O-].O=N[O-].O=N[O-].[H-].[K+].[Pd]. The van der Waals surface area contributed by atoms with Gasteiger partial charge >= 0.3 is 51.4 Å². The second-order valence-corrected chi connectivity index (χ2v) is 0.298. The molecule has 0 aromatic carbocycles. The van der Waals surface area contributed by atoms with E-state index in [-0.39, 0.29) is 73.2 Å². The van der Waals surface area contributed by atoms with Crippen LogP contribution in [0, 0.1) is 40.5 Å². The van der Waals surface area contributed by atoms with E-state index in [1.54, 1.807) is 0 Å². The van der Waals surface area contributed by atoms with Crippen LogP contribution < -0.4 is 51.4 Å². The Labute approximate surface area is 133 Å². The molecule has 0 aliphatic rings. The Morgan fingerprint density at radius 3 is 0.643 bits per heavy atom. The average Bonchev–Trinajstić information content (AvgIpc) is 1.92. The predicted octanol–water partition coefficient (Wildman–Crippen LogP) is -1.88. The van der Waals surface area contributed by atoms with Gasteiger partial charge in [-0.2, -0.15) is 0 Å². The summed E-state index contributed by atoms with van der Waals surface area (Å²) in [6, 6.07) is 0. The van der Waals surface area contributed by atoms with Crippen LogP contribution in [0.3, 0.4) is 0 Å². The quantitative estimate of drug-likeness (QED) is 0.277. The first-order valence-corrected chi connectivity index (χ1v) is 1.46. The Morgan fingerprint density at radius 1 is 0.643 bits per heavy atom. The largest absolute Gasteiger partial charge is 1.00 e. The van der Waals surface area contributed by atoms with Crippen molar-refractivity contribution in [2.75, 3.05) is 0 Å². The zero-order valence-corrected chi connectivity index (χ0v) is 11.0. The van der Waals surface area contributed by atoms with Gasteiger partial charge in [0.25, 0.3) is 0 Å². The van der Waals surface area contributed by atoms with E-state index in [4.69, 9.17) is 40.5 Å². The standard InChI is InChI=1S/K.4HNO2.Pd.H/c;4*2-1-3;;/h;4*(H,2,3);;/q+1;;;;;;-1/p-4. The van der Waals surface area contributed by atoms with Crippen LogP contribution in [0.5, 0.6) is 0 Å². The summed E-state index contributed by atoms with van der Waals surface area (Å²) in [5, 5.41) is 36.0. The molecule has 84 valence electrons. The average molecular weight is 331 g/mol. The van der Waals surface area contributed by atoms with Gasteiger partial charge in [-0.1, -0.05) is 0 Å². The second kappa shape index (κ2) is 120. The van der Waals surface area contributed by atoms with E-state index >= 15 is 0 Å². The van der Waals surface area contributed by atoms with Crippen molar-refractivity contribution in [1.29, 1.82) is 0 Å². The van der Waals surface area contributed by atoms with Gasteiger partial charge < -0.3 is 41.9 Å². The van der Waals surface area contributed by atoms with Crippen molar-refractivity contribution in [2.24, 2.45) is 21.4 Å². The Bertz CT molecular complexity index is 80.6. The van der Waals surface area contributed by atoms with Crippen LogP contribution in [-0.4, -0.2) is 0 Å². The van der Waals surface area contributed by atoms with Gasteiger partial charge in [0.05, 0.1) is 0 Å². The summed E-state index contributed by atoms with van der Waals surface area (Å²) in [6.45, 7) is 0. The minimum atomic E-state index is 0. The third-order valence-corrected chi connectivity index (χ3v) is 0. The van der Waals surface area contributed by atoms with Crippen LogP contribution >= 0.6 is 0 Å². The van der Waals surface area contributed by atoms with E-state index in [0.29, 0.717) is 0 Å². The van der Waals surface area contributed by atoms with E-state index in [2.05, 4.69) is 0 Å². The van der Waals surface area contributed by atoms with Crippen molar-refractivity contribution in [3.05, 3.63) is 40.5 Å². The van der Waals surface area contributed by atoms with Crippen molar-refractivity contribution in [3.8, 4) is 0 Å². The Balaban J connectivity index is -0.0000000107. The molecule has 0 saturated carbocycles. The van der Waals surface area contributed by atoms with Crippen molar-refractivity contribution in [2.45, 2.75) is 0 Å². The minimum absolute atomic E-state index is 0. The third-order valence-electron chi connectivity index (χ3n) is 0. The summed E-state index contributed by atoms with van der Waals surface area (Å²) in [5.74, 6) is 0. The topological polar surface area (TPSA) is 210 Å². The summed E-state index contributed by atoms with van der Waals surface area (Å²) >= 11 is 0. The molecule has 0 fully saturated rings. The van der Waals surface area contributed by atoms with Gasteiger partial charge in [-0.15, -0.1) is 21.4 Å². The fourth-order valence-corrected chi connectivity index (χ4v) is 0. The first-order valence-electron chi connectivity index (χ1n) is 1.46. The van der Waals surface area contributed by atoms with E-state index in [0.717, 1.165) is 21.4 Å². The zero-order chi connectivity index (χ0) is 10.8. The number of hydrogen-bond acceptors (Lipinski definition) is 12. The monoisotopic (exact) mass is 330 g/mol. The molecule has 12 nitrogen and oxygen atoms in total. The van der Waals surface area contributed by atoms with Gasteiger partial charge in [-0.3, -0.25) is 0 Å². The molecule has 0 aliphatic carbocycles. The van der Waals surface area contributed by atoms with E-state index in [9.17, 15) is 0 Å². The number of nitrogens with zero attached hydrogens (tertiary/aromatic N) is 4. The Kier molecular flexibility index (Phi) is 318. The van der Waals surface area contributed by atoms with Crippen LogP contribution in [-0.2, 0) is 20.4 Å². The molecule has 0 aliphatic heterocycles. The molecule has 14 heavy (non-hydrogen) atoms. The summed E-state index contributed by atoms with van der Waals surface area (Å²) in [7, 11) is 0. The van der Waals surface area contributed by atoms with E-state index < -0.39 is 0 Å². The molecular weight excluding hydrogens is 330 g/mol. The number of rotatable bonds is 0. The fourth-order valence-electron chi connectivity index (χ4n) is 0. The molecule has 0 aromatic rings. The molecule has 0 aromatic heterocycles. The Hall–Kier alpha value is -0.101. The van der Waals surface area contributed by atoms with Gasteiger partial charge in [-0.25, -0.2) is 0 Å². The summed E-state index contributed by atoms with van der Waals surface area (Å²) in [5.41, 5.74) is 0. The summed E-state index contributed by atoms with van der Waals surface area (Å²) in [4.78, 5) is 32.0. The smallest absolute Gasteiger partial charge is 1.00 e. The Morgan fingerprint density at radius 2 is 0.643 bits per heavy atom. The molecule has 0 radical (unpaired) electrons. The molecular formula is HKN4O8Pd-4. The second-order valence-electron chi connectivity index (χ2n) is 0.298. The van der Waals surface area contributed by atoms with Crippen LogP contribution in [0.2, 0.25) is 0 Å². The number of hydrogen-bond donors (Lipinski definition) is 0. The van der Waals surface area contributed by atoms with Gasteiger partial charge in [0, 0.05) is 20.4 Å². The van der Waals surface area contributed by atoms with Crippen LogP contribution in [0.1, 0.15) is 1.43 Å². The van der Waals surface area contributed by atoms with Crippen molar-refractivity contribution in [1.82, 2.24) is 0 Å².